The van der Waals surface area contributed by atoms with Crippen LogP contribution in [0.25, 0.3) is 0 Å². The molecule has 0 unspecified atom stereocenters. The van der Waals surface area contributed by atoms with Crippen molar-refractivity contribution >= 4 is 5.71 Å². The van der Waals surface area contributed by atoms with Gasteiger partial charge in [-0.1, -0.05) is 18.2 Å². The van der Waals surface area contributed by atoms with Gasteiger partial charge in [0.1, 0.15) is 0 Å². The summed E-state index contributed by atoms with van der Waals surface area (Å²) >= 11 is 0. The van der Waals surface area contributed by atoms with Gasteiger partial charge in [0.05, 0.1) is 0 Å². The second kappa shape index (κ2) is 3.60. The molecule has 0 aromatic heterocycles. The Bertz CT molecular complexity index is 316. The molecule has 0 saturated heterocycles. The van der Waals surface area contributed by atoms with Crippen molar-refractivity contribution in [1.29, 1.82) is 0 Å². The molecule has 68 valence electrons. The Morgan fingerprint density at radius 1 is 1.08 bits per heavy atom. The van der Waals surface area contributed by atoms with E-state index in [1.165, 1.54) is 0 Å². The second-order valence-electron chi connectivity index (χ2n) is 3.37. The minimum atomic E-state index is 0.657. The standard InChI is InChI=1S/C11H13NO/c13-12-9-5-4-8-11(12)10-6-2-1-3-7-10/h1-3,6-7H,4-5,8-9H2. The lowest BCUT2D eigenvalue weighted by atomic mass is 10.0. The van der Waals surface area contributed by atoms with Crippen molar-refractivity contribution < 1.29 is 4.74 Å². The Balaban J connectivity index is 2.35. The molecule has 0 amide bonds. The fraction of sp³-hybridized carbons (Fsp3) is 0.364. The van der Waals surface area contributed by atoms with E-state index in [4.69, 9.17) is 0 Å². The third-order valence-electron chi connectivity index (χ3n) is 2.43. The summed E-state index contributed by atoms with van der Waals surface area (Å²) < 4.78 is 1.14. The first-order valence-corrected chi connectivity index (χ1v) is 4.74. The van der Waals surface area contributed by atoms with Crippen LogP contribution in [-0.2, 0) is 0 Å². The monoisotopic (exact) mass is 175 g/mol. The van der Waals surface area contributed by atoms with Gasteiger partial charge in [-0.15, -0.1) is 0 Å². The minimum absolute atomic E-state index is 0.657. The molecule has 0 atom stereocenters. The lowest BCUT2D eigenvalue weighted by Crippen LogP contribution is -2.22. The van der Waals surface area contributed by atoms with Crippen LogP contribution in [0.2, 0.25) is 0 Å². The summed E-state index contributed by atoms with van der Waals surface area (Å²) in [6.45, 7) is 0.657. The molecule has 0 saturated carbocycles. The highest BCUT2D eigenvalue weighted by Gasteiger charge is 2.16. The van der Waals surface area contributed by atoms with Gasteiger partial charge in [-0.05, 0) is 18.6 Å². The fourth-order valence-corrected chi connectivity index (χ4v) is 1.73. The van der Waals surface area contributed by atoms with Gasteiger partial charge in [0.25, 0.3) is 0 Å². The first-order valence-electron chi connectivity index (χ1n) is 4.74. The molecule has 1 aromatic rings. The quantitative estimate of drug-likeness (QED) is 0.474. The van der Waals surface area contributed by atoms with Crippen molar-refractivity contribution in [2.75, 3.05) is 6.54 Å². The van der Waals surface area contributed by atoms with Gasteiger partial charge in [0.15, 0.2) is 12.3 Å². The van der Waals surface area contributed by atoms with Crippen molar-refractivity contribution in [2.45, 2.75) is 19.3 Å². The van der Waals surface area contributed by atoms with Gasteiger partial charge in [-0.25, -0.2) is 4.74 Å². The Labute approximate surface area is 78.1 Å². The Hall–Kier alpha value is -1.31. The van der Waals surface area contributed by atoms with Gasteiger partial charge >= 0.3 is 0 Å². The molecule has 1 aliphatic rings. The molecule has 0 radical (unpaired) electrons. The molecule has 1 aliphatic heterocycles. The molecule has 0 N–H and O–H groups in total. The molecule has 0 aliphatic carbocycles. The Kier molecular flexibility index (Phi) is 2.30. The molecule has 2 rings (SSSR count). The third kappa shape index (κ3) is 1.72. The number of hydroxylamine groups is 1. The van der Waals surface area contributed by atoms with E-state index in [1.54, 1.807) is 0 Å². The van der Waals surface area contributed by atoms with E-state index < -0.39 is 0 Å². The zero-order chi connectivity index (χ0) is 9.10. The van der Waals surface area contributed by atoms with E-state index in [9.17, 15) is 5.21 Å². The first kappa shape index (κ1) is 8.30. The van der Waals surface area contributed by atoms with Crippen LogP contribution in [-0.4, -0.2) is 17.0 Å². The summed E-state index contributed by atoms with van der Waals surface area (Å²) in [6.07, 6.45) is 3.09. The minimum Gasteiger partial charge on any atom is -0.624 e. The highest BCUT2D eigenvalue weighted by atomic mass is 16.5. The van der Waals surface area contributed by atoms with Gasteiger partial charge in [-0.2, -0.15) is 0 Å². The Morgan fingerprint density at radius 2 is 1.85 bits per heavy atom. The maximum absolute atomic E-state index is 11.5. The molecule has 1 heterocycles. The molecule has 2 nitrogen and oxygen atoms in total. The van der Waals surface area contributed by atoms with Gasteiger partial charge in [0, 0.05) is 18.4 Å². The summed E-state index contributed by atoms with van der Waals surface area (Å²) in [4.78, 5) is 0. The summed E-state index contributed by atoms with van der Waals surface area (Å²) in [5.74, 6) is 0. The number of hydrogen-bond donors (Lipinski definition) is 0. The lowest BCUT2D eigenvalue weighted by Gasteiger charge is -2.15. The van der Waals surface area contributed by atoms with E-state index in [2.05, 4.69) is 0 Å². The lowest BCUT2D eigenvalue weighted by molar-refractivity contribution is -0.463. The molecule has 0 spiro atoms. The van der Waals surface area contributed by atoms with Crippen molar-refractivity contribution in [1.82, 2.24) is 0 Å². The summed E-state index contributed by atoms with van der Waals surface area (Å²) in [5.41, 5.74) is 2.03. The van der Waals surface area contributed by atoms with Crippen molar-refractivity contribution in [3.05, 3.63) is 41.1 Å². The van der Waals surface area contributed by atoms with Crippen molar-refractivity contribution in [3.8, 4) is 0 Å². The third-order valence-corrected chi connectivity index (χ3v) is 2.43. The normalized spacial score (nSPS) is 17.5. The fourth-order valence-electron chi connectivity index (χ4n) is 1.73. The van der Waals surface area contributed by atoms with Crippen LogP contribution in [0.4, 0.5) is 0 Å². The number of hydrogen-bond acceptors (Lipinski definition) is 1. The highest BCUT2D eigenvalue weighted by Crippen LogP contribution is 2.12. The molecule has 2 heteroatoms. The largest absolute Gasteiger partial charge is 0.624 e. The van der Waals surface area contributed by atoms with Gasteiger partial charge in [0.2, 0.25) is 0 Å². The van der Waals surface area contributed by atoms with Crippen LogP contribution < -0.4 is 0 Å². The molecule has 0 fully saturated rings. The van der Waals surface area contributed by atoms with E-state index in [-0.39, 0.29) is 0 Å². The number of nitrogens with zero attached hydrogens (tertiary/aromatic N) is 1. The SMILES string of the molecule is [O-][N+]1=C(c2ccccc2)CCCC1. The van der Waals surface area contributed by atoms with E-state index in [0.717, 1.165) is 35.3 Å². The molecular weight excluding hydrogens is 162 g/mol. The van der Waals surface area contributed by atoms with Crippen LogP contribution in [0.3, 0.4) is 0 Å². The van der Waals surface area contributed by atoms with Crippen LogP contribution in [0.5, 0.6) is 0 Å². The van der Waals surface area contributed by atoms with E-state index >= 15 is 0 Å². The molecular formula is C11H13NO. The van der Waals surface area contributed by atoms with Crippen LogP contribution in [0.15, 0.2) is 30.3 Å². The zero-order valence-electron chi connectivity index (χ0n) is 7.57. The van der Waals surface area contributed by atoms with E-state index in [0.29, 0.717) is 6.54 Å². The average molecular weight is 175 g/mol. The molecule has 0 bridgehead atoms. The molecule has 1 aromatic carbocycles. The van der Waals surface area contributed by atoms with Crippen LogP contribution in [0.1, 0.15) is 24.8 Å². The smallest absolute Gasteiger partial charge is 0.194 e. The van der Waals surface area contributed by atoms with Crippen molar-refractivity contribution in [3.63, 3.8) is 0 Å². The first-order chi connectivity index (χ1) is 6.38. The maximum Gasteiger partial charge on any atom is 0.194 e. The summed E-state index contributed by atoms with van der Waals surface area (Å²) in [6, 6.07) is 9.94. The second-order valence-corrected chi connectivity index (χ2v) is 3.37. The van der Waals surface area contributed by atoms with Gasteiger partial charge in [-0.3, -0.25) is 0 Å². The summed E-state index contributed by atoms with van der Waals surface area (Å²) in [7, 11) is 0. The number of benzene rings is 1. The average Bonchev–Trinajstić information content (AvgIpc) is 2.20. The zero-order valence-corrected chi connectivity index (χ0v) is 7.57. The predicted molar refractivity (Wildman–Crippen MR) is 52.9 cm³/mol. The highest BCUT2D eigenvalue weighted by molar-refractivity contribution is 5.97. The Morgan fingerprint density at radius 3 is 2.54 bits per heavy atom. The van der Waals surface area contributed by atoms with E-state index in [1.807, 2.05) is 30.3 Å². The maximum atomic E-state index is 11.5. The van der Waals surface area contributed by atoms with Crippen LogP contribution in [0, 0.1) is 5.21 Å². The molecule has 13 heavy (non-hydrogen) atoms. The summed E-state index contributed by atoms with van der Waals surface area (Å²) in [5, 5.41) is 11.5. The predicted octanol–water partition coefficient (Wildman–Crippen LogP) is 2.17. The number of rotatable bonds is 1. The van der Waals surface area contributed by atoms with Crippen LogP contribution >= 0.6 is 0 Å². The topological polar surface area (TPSA) is 26.1 Å². The van der Waals surface area contributed by atoms with Crippen molar-refractivity contribution in [2.24, 2.45) is 0 Å². The van der Waals surface area contributed by atoms with Gasteiger partial charge < -0.3 is 5.21 Å².